The average molecular weight is 240 g/mol. The molecule has 0 aromatic heterocycles. The minimum absolute atomic E-state index is 0.336. The second-order valence-electron chi connectivity index (χ2n) is 6.95. The second-order valence-corrected chi connectivity index (χ2v) is 6.95. The molecule has 1 aliphatic rings. The van der Waals surface area contributed by atoms with Gasteiger partial charge in [0.2, 0.25) is 0 Å². The Balaban J connectivity index is 2.14. The predicted octanol–water partition coefficient (Wildman–Crippen LogP) is 3.26. The lowest BCUT2D eigenvalue weighted by Crippen LogP contribution is -2.31. The van der Waals surface area contributed by atoms with Crippen LogP contribution in [-0.2, 0) is 0 Å². The molecule has 2 nitrogen and oxygen atoms in total. The Morgan fingerprint density at radius 3 is 2.35 bits per heavy atom. The molecule has 0 radical (unpaired) electrons. The molecule has 1 saturated carbocycles. The van der Waals surface area contributed by atoms with Gasteiger partial charge in [-0.1, -0.05) is 34.1 Å². The zero-order valence-corrected chi connectivity index (χ0v) is 12.3. The summed E-state index contributed by atoms with van der Waals surface area (Å²) in [5.41, 5.74) is 6.10. The van der Waals surface area contributed by atoms with Crippen molar-refractivity contribution < 1.29 is 0 Å². The van der Waals surface area contributed by atoms with Crippen molar-refractivity contribution in [3.05, 3.63) is 0 Å². The zero-order valence-electron chi connectivity index (χ0n) is 12.3. The van der Waals surface area contributed by atoms with Gasteiger partial charge in [0.15, 0.2) is 0 Å². The van der Waals surface area contributed by atoms with Crippen molar-refractivity contribution in [3.8, 4) is 0 Å². The van der Waals surface area contributed by atoms with Gasteiger partial charge in [0.1, 0.15) is 0 Å². The third-order valence-corrected chi connectivity index (χ3v) is 3.76. The minimum Gasteiger partial charge on any atom is -0.330 e. The third-order valence-electron chi connectivity index (χ3n) is 3.76. The number of nitrogens with zero attached hydrogens (tertiary/aromatic N) is 1. The van der Waals surface area contributed by atoms with Crippen LogP contribution in [0.3, 0.4) is 0 Å². The van der Waals surface area contributed by atoms with Gasteiger partial charge >= 0.3 is 0 Å². The van der Waals surface area contributed by atoms with Crippen molar-refractivity contribution in [2.75, 3.05) is 19.6 Å². The highest BCUT2D eigenvalue weighted by molar-refractivity contribution is 4.84. The van der Waals surface area contributed by atoms with Crippen molar-refractivity contribution in [2.24, 2.45) is 17.1 Å². The summed E-state index contributed by atoms with van der Waals surface area (Å²) >= 11 is 0. The molecule has 0 saturated heterocycles. The first-order chi connectivity index (χ1) is 7.94. The highest BCUT2D eigenvalue weighted by Gasteiger charge is 2.28. The third kappa shape index (κ3) is 6.42. The maximum absolute atomic E-state index is 5.76. The number of rotatable bonds is 9. The van der Waals surface area contributed by atoms with Crippen molar-refractivity contribution in [3.63, 3.8) is 0 Å². The summed E-state index contributed by atoms with van der Waals surface area (Å²) in [6, 6.07) is 0.917. The van der Waals surface area contributed by atoms with E-state index in [1.54, 1.807) is 0 Å². The van der Waals surface area contributed by atoms with Crippen LogP contribution >= 0.6 is 0 Å². The molecule has 102 valence electrons. The first-order valence-corrected chi connectivity index (χ1v) is 7.39. The molecule has 0 heterocycles. The van der Waals surface area contributed by atoms with E-state index >= 15 is 0 Å². The van der Waals surface area contributed by atoms with Crippen LogP contribution in [0.1, 0.15) is 59.8 Å². The lowest BCUT2D eigenvalue weighted by atomic mass is 9.87. The summed E-state index contributed by atoms with van der Waals surface area (Å²) in [6.45, 7) is 12.6. The fraction of sp³-hybridized carbons (Fsp3) is 1.00. The van der Waals surface area contributed by atoms with Crippen molar-refractivity contribution in [1.29, 1.82) is 0 Å². The summed E-state index contributed by atoms with van der Waals surface area (Å²) in [5, 5.41) is 0. The first-order valence-electron chi connectivity index (χ1n) is 7.39. The smallest absolute Gasteiger partial charge is 0.00965 e. The molecule has 17 heavy (non-hydrogen) atoms. The molecule has 2 N–H and O–H groups in total. The average Bonchev–Trinajstić information content (AvgIpc) is 3.06. The molecule has 0 bridgehead atoms. The van der Waals surface area contributed by atoms with Gasteiger partial charge < -0.3 is 10.6 Å². The van der Waals surface area contributed by atoms with Gasteiger partial charge in [0.25, 0.3) is 0 Å². The van der Waals surface area contributed by atoms with Crippen molar-refractivity contribution in [2.45, 2.75) is 65.8 Å². The molecule has 1 rings (SSSR count). The number of hydrogen-bond acceptors (Lipinski definition) is 2. The lowest BCUT2D eigenvalue weighted by molar-refractivity contribution is 0.223. The quantitative estimate of drug-likeness (QED) is 0.627. The largest absolute Gasteiger partial charge is 0.330 e. The fourth-order valence-corrected chi connectivity index (χ4v) is 2.35. The van der Waals surface area contributed by atoms with Gasteiger partial charge in [-0.2, -0.15) is 0 Å². The van der Waals surface area contributed by atoms with E-state index < -0.39 is 0 Å². The van der Waals surface area contributed by atoms with Gasteiger partial charge in [0.05, 0.1) is 0 Å². The highest BCUT2D eigenvalue weighted by Crippen LogP contribution is 2.28. The van der Waals surface area contributed by atoms with Gasteiger partial charge in [0, 0.05) is 12.6 Å². The molecule has 0 aromatic rings. The molecule has 0 aromatic carbocycles. The van der Waals surface area contributed by atoms with Crippen molar-refractivity contribution in [1.82, 2.24) is 4.90 Å². The Labute approximate surface area is 108 Å². The Kier molecular flexibility index (Phi) is 5.94. The maximum atomic E-state index is 5.76. The first kappa shape index (κ1) is 15.0. The van der Waals surface area contributed by atoms with Crippen LogP contribution < -0.4 is 5.73 Å². The van der Waals surface area contributed by atoms with E-state index in [1.807, 2.05) is 0 Å². The van der Waals surface area contributed by atoms with Crippen LogP contribution in [0.4, 0.5) is 0 Å². The summed E-state index contributed by atoms with van der Waals surface area (Å²) in [7, 11) is 0. The molecule has 0 aliphatic heterocycles. The zero-order chi connectivity index (χ0) is 12.9. The Bertz CT molecular complexity index is 207. The van der Waals surface area contributed by atoms with E-state index in [0.717, 1.165) is 18.5 Å². The molecule has 0 unspecified atom stereocenters. The van der Waals surface area contributed by atoms with Crippen LogP contribution in [0, 0.1) is 11.3 Å². The van der Waals surface area contributed by atoms with Crippen LogP contribution in [0.2, 0.25) is 0 Å². The van der Waals surface area contributed by atoms with E-state index in [0.29, 0.717) is 5.41 Å². The maximum Gasteiger partial charge on any atom is 0.00965 e. The fourth-order valence-electron chi connectivity index (χ4n) is 2.35. The topological polar surface area (TPSA) is 29.3 Å². The van der Waals surface area contributed by atoms with Gasteiger partial charge in [-0.25, -0.2) is 0 Å². The number of hydrogen-bond donors (Lipinski definition) is 1. The van der Waals surface area contributed by atoms with Gasteiger partial charge in [-0.3, -0.25) is 0 Å². The lowest BCUT2D eigenvalue weighted by Gasteiger charge is -2.26. The van der Waals surface area contributed by atoms with Crippen LogP contribution in [0.15, 0.2) is 0 Å². The molecule has 0 atom stereocenters. The highest BCUT2D eigenvalue weighted by atomic mass is 15.2. The Morgan fingerprint density at radius 1 is 1.24 bits per heavy atom. The summed E-state index contributed by atoms with van der Waals surface area (Å²) in [4.78, 5) is 2.71. The summed E-state index contributed by atoms with van der Waals surface area (Å²) in [6.07, 6.45) is 6.80. The normalized spacial score (nSPS) is 17.1. The van der Waals surface area contributed by atoms with Gasteiger partial charge in [-0.05, 0) is 50.1 Å². The molecular weight excluding hydrogens is 208 g/mol. The molecule has 2 heteroatoms. The minimum atomic E-state index is 0.336. The predicted molar refractivity (Wildman–Crippen MR) is 76.1 cm³/mol. The molecule has 1 aliphatic carbocycles. The van der Waals surface area contributed by atoms with Crippen LogP contribution in [0.25, 0.3) is 0 Å². The van der Waals surface area contributed by atoms with E-state index in [1.165, 1.54) is 45.2 Å². The number of unbranched alkanes of at least 4 members (excludes halogenated alkanes) is 1. The Hall–Kier alpha value is -0.0800. The second kappa shape index (κ2) is 6.75. The monoisotopic (exact) mass is 240 g/mol. The molecule has 1 fully saturated rings. The Morgan fingerprint density at radius 2 is 1.88 bits per heavy atom. The van der Waals surface area contributed by atoms with E-state index in [2.05, 4.69) is 32.6 Å². The van der Waals surface area contributed by atoms with E-state index in [-0.39, 0.29) is 0 Å². The van der Waals surface area contributed by atoms with E-state index in [4.69, 9.17) is 5.73 Å². The summed E-state index contributed by atoms with van der Waals surface area (Å²) < 4.78 is 0. The standard InChI is InChI=1S/C15H32N2/c1-13(2)11-17(14-7-8-14)10-6-5-9-15(3,4)12-16/h13-14H,5-12,16H2,1-4H3. The summed E-state index contributed by atoms with van der Waals surface area (Å²) in [5.74, 6) is 0.802. The molecule has 0 amide bonds. The van der Waals surface area contributed by atoms with Gasteiger partial charge in [-0.15, -0.1) is 0 Å². The van der Waals surface area contributed by atoms with Crippen LogP contribution in [0.5, 0.6) is 0 Å². The molecular formula is C15H32N2. The van der Waals surface area contributed by atoms with Crippen molar-refractivity contribution >= 4 is 0 Å². The number of nitrogens with two attached hydrogens (primary N) is 1. The molecule has 0 spiro atoms. The SMILES string of the molecule is CC(C)CN(CCCCC(C)(C)CN)C1CC1. The van der Waals surface area contributed by atoms with Crippen LogP contribution in [-0.4, -0.2) is 30.6 Å². The van der Waals surface area contributed by atoms with E-state index in [9.17, 15) is 0 Å².